The third-order valence-electron chi connectivity index (χ3n) is 2.10. The molecule has 0 radical (unpaired) electrons. The van der Waals surface area contributed by atoms with Crippen molar-refractivity contribution in [3.63, 3.8) is 0 Å². The van der Waals surface area contributed by atoms with Gasteiger partial charge in [-0.3, -0.25) is 4.90 Å². The Morgan fingerprint density at radius 2 is 1.94 bits per heavy atom. The monoisotopic (exact) mass is 237 g/mol. The third kappa shape index (κ3) is 4.24. The van der Waals surface area contributed by atoms with E-state index in [0.29, 0.717) is 11.5 Å². The zero-order chi connectivity index (χ0) is 12.2. The fourth-order valence-electron chi connectivity index (χ4n) is 1.35. The van der Waals surface area contributed by atoms with Gasteiger partial charge in [0.2, 0.25) is 0 Å². The maximum absolute atomic E-state index is 12.2. The Morgan fingerprint density at radius 3 is 2.38 bits per heavy atom. The molecule has 6 heteroatoms. The molecule has 16 heavy (non-hydrogen) atoms. The lowest BCUT2D eigenvalue weighted by Crippen LogP contribution is -2.33. The molecule has 0 unspecified atom stereocenters. The Kier molecular flexibility index (Phi) is 4.37. The van der Waals surface area contributed by atoms with Gasteiger partial charge < -0.3 is 9.52 Å². The van der Waals surface area contributed by atoms with Crippen LogP contribution >= 0.6 is 0 Å². The highest BCUT2D eigenvalue weighted by atomic mass is 19.4. The van der Waals surface area contributed by atoms with Crippen molar-refractivity contribution >= 4 is 0 Å². The van der Waals surface area contributed by atoms with E-state index in [2.05, 4.69) is 0 Å². The summed E-state index contributed by atoms with van der Waals surface area (Å²) < 4.78 is 41.6. The highest BCUT2D eigenvalue weighted by Crippen LogP contribution is 2.18. The molecule has 1 heterocycles. The first-order valence-electron chi connectivity index (χ1n) is 4.92. The number of halogens is 3. The van der Waals surface area contributed by atoms with Crippen LogP contribution in [-0.4, -0.2) is 29.3 Å². The fraction of sp³-hybridized carbons (Fsp3) is 0.600. The number of hydrogen-bond donors (Lipinski definition) is 1. The van der Waals surface area contributed by atoms with E-state index in [4.69, 9.17) is 9.52 Å². The molecule has 3 nitrogen and oxygen atoms in total. The molecule has 0 atom stereocenters. The molecule has 1 aromatic heterocycles. The fourth-order valence-corrected chi connectivity index (χ4v) is 1.35. The molecule has 0 fully saturated rings. The highest BCUT2D eigenvalue weighted by molar-refractivity contribution is 5.06. The Bertz CT molecular complexity index is 322. The van der Waals surface area contributed by atoms with Crippen molar-refractivity contribution in [2.24, 2.45) is 0 Å². The number of aliphatic hydroxyl groups excluding tert-OH is 1. The van der Waals surface area contributed by atoms with Crippen LogP contribution in [0.1, 0.15) is 18.4 Å². The normalized spacial score (nSPS) is 12.4. The topological polar surface area (TPSA) is 36.6 Å². The van der Waals surface area contributed by atoms with Gasteiger partial charge in [0.05, 0.1) is 13.1 Å². The van der Waals surface area contributed by atoms with E-state index < -0.39 is 12.7 Å². The van der Waals surface area contributed by atoms with Gasteiger partial charge in [0.15, 0.2) is 0 Å². The predicted octanol–water partition coefficient (Wildman–Crippen LogP) is 2.16. The molecule has 0 aliphatic heterocycles. The Labute approximate surface area is 91.5 Å². The zero-order valence-electron chi connectivity index (χ0n) is 8.92. The summed E-state index contributed by atoms with van der Waals surface area (Å²) in [5.74, 6) is 0.785. The van der Waals surface area contributed by atoms with Gasteiger partial charge in [-0.05, 0) is 18.7 Å². The van der Waals surface area contributed by atoms with Crippen LogP contribution in [0.4, 0.5) is 13.2 Å². The molecule has 0 aromatic carbocycles. The van der Waals surface area contributed by atoms with Crippen LogP contribution in [0.15, 0.2) is 16.5 Å². The molecule has 0 saturated carbocycles. The average molecular weight is 237 g/mol. The lowest BCUT2D eigenvalue weighted by Gasteiger charge is -2.20. The molecule has 92 valence electrons. The summed E-state index contributed by atoms with van der Waals surface area (Å²) in [5.41, 5.74) is 0. The summed E-state index contributed by atoms with van der Waals surface area (Å²) in [5, 5.41) is 8.74. The molecule has 0 saturated heterocycles. The van der Waals surface area contributed by atoms with Gasteiger partial charge in [-0.2, -0.15) is 13.2 Å². The summed E-state index contributed by atoms with van der Waals surface area (Å²) in [4.78, 5) is 1.22. The van der Waals surface area contributed by atoms with Crippen molar-refractivity contribution in [2.75, 3.05) is 13.1 Å². The maximum atomic E-state index is 12.2. The predicted molar refractivity (Wildman–Crippen MR) is 51.6 cm³/mol. The van der Waals surface area contributed by atoms with Gasteiger partial charge >= 0.3 is 6.18 Å². The Balaban J connectivity index is 2.56. The number of aliphatic hydroxyl groups is 1. The zero-order valence-corrected chi connectivity index (χ0v) is 8.92. The second-order valence-corrected chi connectivity index (χ2v) is 3.44. The standard InChI is InChI=1S/C10H14F3NO2/c1-2-14(7-10(11,12)13)5-8-3-4-9(6-15)16-8/h3-4,15H,2,5-7H2,1H3. The Morgan fingerprint density at radius 1 is 1.31 bits per heavy atom. The van der Waals surface area contributed by atoms with Crippen molar-refractivity contribution in [1.82, 2.24) is 4.90 Å². The summed E-state index contributed by atoms with van der Waals surface area (Å²) in [6, 6.07) is 3.13. The Hall–Kier alpha value is -1.01. The number of hydrogen-bond acceptors (Lipinski definition) is 3. The second-order valence-electron chi connectivity index (χ2n) is 3.44. The molecule has 1 aromatic rings. The van der Waals surface area contributed by atoms with Crippen molar-refractivity contribution in [3.8, 4) is 0 Å². The first kappa shape index (κ1) is 13.1. The van der Waals surface area contributed by atoms with Crippen LogP contribution in [0.2, 0.25) is 0 Å². The lowest BCUT2D eigenvalue weighted by molar-refractivity contribution is -0.147. The maximum Gasteiger partial charge on any atom is 0.401 e. The van der Waals surface area contributed by atoms with E-state index in [-0.39, 0.29) is 19.7 Å². The van der Waals surface area contributed by atoms with Gasteiger partial charge in [-0.25, -0.2) is 0 Å². The summed E-state index contributed by atoms with van der Waals surface area (Å²) in [6.07, 6.45) is -4.21. The van der Waals surface area contributed by atoms with Crippen molar-refractivity contribution in [3.05, 3.63) is 23.7 Å². The van der Waals surface area contributed by atoms with Crippen molar-refractivity contribution in [2.45, 2.75) is 26.3 Å². The van der Waals surface area contributed by atoms with Gasteiger partial charge in [-0.15, -0.1) is 0 Å². The molecule has 0 aliphatic carbocycles. The van der Waals surface area contributed by atoms with Crippen LogP contribution in [0.25, 0.3) is 0 Å². The van der Waals surface area contributed by atoms with Crippen LogP contribution in [0, 0.1) is 0 Å². The van der Waals surface area contributed by atoms with Crippen LogP contribution in [0.3, 0.4) is 0 Å². The largest absolute Gasteiger partial charge is 0.462 e. The molecule has 0 bridgehead atoms. The minimum Gasteiger partial charge on any atom is -0.462 e. The molecular formula is C10H14F3NO2. The summed E-state index contributed by atoms with van der Waals surface area (Å²) in [7, 11) is 0. The molecule has 1 rings (SSSR count). The first-order chi connectivity index (χ1) is 7.44. The molecular weight excluding hydrogens is 223 g/mol. The number of nitrogens with zero attached hydrogens (tertiary/aromatic N) is 1. The molecule has 0 aliphatic rings. The van der Waals surface area contributed by atoms with E-state index in [1.165, 1.54) is 4.90 Å². The average Bonchev–Trinajstić information content (AvgIpc) is 2.62. The molecule has 0 spiro atoms. The van der Waals surface area contributed by atoms with E-state index in [1.807, 2.05) is 0 Å². The van der Waals surface area contributed by atoms with Crippen LogP contribution < -0.4 is 0 Å². The van der Waals surface area contributed by atoms with E-state index in [9.17, 15) is 13.2 Å². The first-order valence-corrected chi connectivity index (χ1v) is 4.92. The van der Waals surface area contributed by atoms with E-state index in [1.54, 1.807) is 19.1 Å². The molecule has 1 N–H and O–H groups in total. The van der Waals surface area contributed by atoms with Crippen molar-refractivity contribution in [1.29, 1.82) is 0 Å². The molecule has 0 amide bonds. The smallest absolute Gasteiger partial charge is 0.401 e. The third-order valence-corrected chi connectivity index (χ3v) is 2.10. The SMILES string of the molecule is CCN(Cc1ccc(CO)o1)CC(F)(F)F. The van der Waals surface area contributed by atoms with Crippen molar-refractivity contribution < 1.29 is 22.7 Å². The minimum absolute atomic E-state index is 0.0933. The van der Waals surface area contributed by atoms with E-state index >= 15 is 0 Å². The summed E-state index contributed by atoms with van der Waals surface area (Å²) in [6.45, 7) is 0.830. The quantitative estimate of drug-likeness (QED) is 0.852. The number of rotatable bonds is 5. The van der Waals surface area contributed by atoms with E-state index in [0.717, 1.165) is 0 Å². The number of alkyl halides is 3. The van der Waals surface area contributed by atoms with Gasteiger partial charge in [0, 0.05) is 0 Å². The van der Waals surface area contributed by atoms with Gasteiger partial charge in [0.25, 0.3) is 0 Å². The summed E-state index contributed by atoms with van der Waals surface area (Å²) >= 11 is 0. The lowest BCUT2D eigenvalue weighted by atomic mass is 10.3. The van der Waals surface area contributed by atoms with Gasteiger partial charge in [-0.1, -0.05) is 6.92 Å². The van der Waals surface area contributed by atoms with Crippen LogP contribution in [0.5, 0.6) is 0 Å². The van der Waals surface area contributed by atoms with Crippen LogP contribution in [-0.2, 0) is 13.2 Å². The number of furan rings is 1. The highest BCUT2D eigenvalue weighted by Gasteiger charge is 2.30. The second kappa shape index (κ2) is 5.36. The van der Waals surface area contributed by atoms with Gasteiger partial charge in [0.1, 0.15) is 18.1 Å². The minimum atomic E-state index is -4.21.